The van der Waals surface area contributed by atoms with Crippen molar-refractivity contribution in [3.05, 3.63) is 35.0 Å². The highest BCUT2D eigenvalue weighted by molar-refractivity contribution is 7.91. The van der Waals surface area contributed by atoms with E-state index in [9.17, 15) is 8.42 Å². The highest BCUT2D eigenvalue weighted by Gasteiger charge is 2.16. The van der Waals surface area contributed by atoms with Gasteiger partial charge in [-0.3, -0.25) is 5.10 Å². The molecule has 110 valence electrons. The maximum Gasteiger partial charge on any atom is 0.250 e. The molecule has 0 saturated heterocycles. The summed E-state index contributed by atoms with van der Waals surface area (Å²) in [5.74, 6) is 0. The van der Waals surface area contributed by atoms with E-state index >= 15 is 0 Å². The standard InChI is InChI=1S/C12H18N4O2S2/c1-2-5-13-9-11-3-4-12(19-11)20(17,18)16-8-10-6-14-15-7-10/h3-4,6-7,13,16H,2,5,8-9H2,1H3,(H,14,15). The van der Waals surface area contributed by atoms with Crippen molar-refractivity contribution in [2.24, 2.45) is 0 Å². The van der Waals surface area contributed by atoms with E-state index in [1.54, 1.807) is 18.5 Å². The number of nitrogens with zero attached hydrogens (tertiary/aromatic N) is 1. The fourth-order valence-electron chi connectivity index (χ4n) is 1.61. The Bertz CT molecular complexity index is 620. The highest BCUT2D eigenvalue weighted by atomic mass is 32.2. The fourth-order valence-corrected chi connectivity index (χ4v) is 4.00. The number of rotatable bonds is 8. The van der Waals surface area contributed by atoms with E-state index in [0.717, 1.165) is 23.4 Å². The lowest BCUT2D eigenvalue weighted by Crippen LogP contribution is -2.22. The maximum atomic E-state index is 12.1. The van der Waals surface area contributed by atoms with Gasteiger partial charge in [-0.15, -0.1) is 11.3 Å². The molecule has 0 atom stereocenters. The molecule has 2 aromatic heterocycles. The quantitative estimate of drug-likeness (QED) is 0.644. The van der Waals surface area contributed by atoms with Crippen molar-refractivity contribution in [1.29, 1.82) is 0 Å². The van der Waals surface area contributed by atoms with Gasteiger partial charge in [0.25, 0.3) is 0 Å². The van der Waals surface area contributed by atoms with E-state index in [4.69, 9.17) is 0 Å². The van der Waals surface area contributed by atoms with Crippen LogP contribution in [0.4, 0.5) is 0 Å². The number of sulfonamides is 1. The molecule has 0 fully saturated rings. The van der Waals surface area contributed by atoms with Gasteiger partial charge in [-0.25, -0.2) is 13.1 Å². The van der Waals surface area contributed by atoms with Crippen LogP contribution in [-0.4, -0.2) is 25.2 Å². The van der Waals surface area contributed by atoms with Gasteiger partial charge in [-0.1, -0.05) is 6.92 Å². The number of hydrogen-bond acceptors (Lipinski definition) is 5. The molecule has 0 aromatic carbocycles. The summed E-state index contributed by atoms with van der Waals surface area (Å²) in [5.41, 5.74) is 0.801. The first-order chi connectivity index (χ1) is 9.62. The molecule has 0 bridgehead atoms. The average molecular weight is 314 g/mol. The summed E-state index contributed by atoms with van der Waals surface area (Å²) in [6.45, 7) is 3.96. The summed E-state index contributed by atoms with van der Waals surface area (Å²) in [7, 11) is -3.45. The topological polar surface area (TPSA) is 86.9 Å². The molecule has 0 spiro atoms. The van der Waals surface area contributed by atoms with Crippen LogP contribution >= 0.6 is 11.3 Å². The Balaban J connectivity index is 1.95. The summed E-state index contributed by atoms with van der Waals surface area (Å²) in [5, 5.41) is 9.68. The van der Waals surface area contributed by atoms with Crippen LogP contribution < -0.4 is 10.0 Å². The largest absolute Gasteiger partial charge is 0.312 e. The number of nitrogens with one attached hydrogen (secondary N) is 3. The second-order valence-corrected chi connectivity index (χ2v) is 7.49. The van der Waals surface area contributed by atoms with Gasteiger partial charge < -0.3 is 5.32 Å². The van der Waals surface area contributed by atoms with Crippen molar-refractivity contribution < 1.29 is 8.42 Å². The van der Waals surface area contributed by atoms with E-state index in [2.05, 4.69) is 27.2 Å². The van der Waals surface area contributed by atoms with E-state index in [-0.39, 0.29) is 6.54 Å². The number of thiophene rings is 1. The van der Waals surface area contributed by atoms with Gasteiger partial charge >= 0.3 is 0 Å². The third kappa shape index (κ3) is 4.14. The van der Waals surface area contributed by atoms with Crippen LogP contribution in [-0.2, 0) is 23.1 Å². The molecule has 2 heterocycles. The average Bonchev–Trinajstić information content (AvgIpc) is 3.08. The van der Waals surface area contributed by atoms with Crippen molar-refractivity contribution in [2.75, 3.05) is 6.54 Å². The second-order valence-electron chi connectivity index (χ2n) is 4.33. The van der Waals surface area contributed by atoms with Crippen LogP contribution in [0.2, 0.25) is 0 Å². The van der Waals surface area contributed by atoms with Crippen LogP contribution in [0.3, 0.4) is 0 Å². The third-order valence-electron chi connectivity index (χ3n) is 2.65. The Kier molecular flexibility index (Phi) is 5.30. The van der Waals surface area contributed by atoms with Gasteiger partial charge in [0.15, 0.2) is 0 Å². The highest BCUT2D eigenvalue weighted by Crippen LogP contribution is 2.21. The second kappa shape index (κ2) is 6.98. The number of hydrogen-bond donors (Lipinski definition) is 3. The molecule has 0 unspecified atom stereocenters. The minimum absolute atomic E-state index is 0.236. The van der Waals surface area contributed by atoms with Gasteiger partial charge in [0.1, 0.15) is 4.21 Å². The van der Waals surface area contributed by atoms with E-state index in [1.807, 2.05) is 6.07 Å². The molecule has 0 amide bonds. The normalized spacial score (nSPS) is 11.8. The zero-order valence-electron chi connectivity index (χ0n) is 11.2. The summed E-state index contributed by atoms with van der Waals surface area (Å²) in [4.78, 5) is 1.02. The minimum Gasteiger partial charge on any atom is -0.312 e. The van der Waals surface area contributed by atoms with E-state index in [0.29, 0.717) is 10.8 Å². The number of aromatic nitrogens is 2. The first-order valence-electron chi connectivity index (χ1n) is 6.38. The van der Waals surface area contributed by atoms with Crippen LogP contribution in [0.25, 0.3) is 0 Å². The molecular formula is C12H18N4O2S2. The van der Waals surface area contributed by atoms with Gasteiger partial charge in [0.05, 0.1) is 6.20 Å². The molecule has 20 heavy (non-hydrogen) atoms. The molecule has 8 heteroatoms. The smallest absolute Gasteiger partial charge is 0.250 e. The van der Waals surface area contributed by atoms with E-state index < -0.39 is 10.0 Å². The van der Waals surface area contributed by atoms with Crippen LogP contribution in [0.1, 0.15) is 23.8 Å². The zero-order chi connectivity index (χ0) is 14.4. The van der Waals surface area contributed by atoms with Crippen LogP contribution in [0.5, 0.6) is 0 Å². The molecule has 0 aliphatic carbocycles. The summed E-state index contributed by atoms with van der Waals surface area (Å²) < 4.78 is 27.1. The predicted molar refractivity (Wildman–Crippen MR) is 78.9 cm³/mol. The lowest BCUT2D eigenvalue weighted by atomic mass is 10.4. The van der Waals surface area contributed by atoms with E-state index in [1.165, 1.54) is 11.3 Å². The molecule has 2 aromatic rings. The Labute approximate surface area is 122 Å². The first kappa shape index (κ1) is 15.2. The molecule has 2 rings (SSSR count). The maximum absolute atomic E-state index is 12.1. The van der Waals surface area contributed by atoms with Crippen molar-refractivity contribution >= 4 is 21.4 Å². The van der Waals surface area contributed by atoms with Crippen molar-refractivity contribution in [3.8, 4) is 0 Å². The molecule has 0 aliphatic rings. The van der Waals surface area contributed by atoms with Crippen molar-refractivity contribution in [3.63, 3.8) is 0 Å². The lowest BCUT2D eigenvalue weighted by Gasteiger charge is -2.02. The van der Waals surface area contributed by atoms with Gasteiger partial charge in [-0.05, 0) is 25.1 Å². The first-order valence-corrected chi connectivity index (χ1v) is 8.68. The summed E-state index contributed by atoms with van der Waals surface area (Å²) in [6, 6.07) is 3.49. The Morgan fingerprint density at radius 1 is 1.35 bits per heavy atom. The van der Waals surface area contributed by atoms with Crippen LogP contribution in [0.15, 0.2) is 28.7 Å². The SMILES string of the molecule is CCCNCc1ccc(S(=O)(=O)NCc2cn[nH]c2)s1. The van der Waals surface area contributed by atoms with Gasteiger partial charge in [0, 0.05) is 29.7 Å². The Hall–Kier alpha value is -1.22. The lowest BCUT2D eigenvalue weighted by molar-refractivity contribution is 0.583. The minimum atomic E-state index is -3.45. The molecular weight excluding hydrogens is 296 g/mol. The molecule has 0 aliphatic heterocycles. The van der Waals surface area contributed by atoms with Gasteiger partial charge in [0.2, 0.25) is 10.0 Å². The molecule has 6 nitrogen and oxygen atoms in total. The van der Waals surface area contributed by atoms with Crippen molar-refractivity contribution in [1.82, 2.24) is 20.2 Å². The zero-order valence-corrected chi connectivity index (χ0v) is 12.9. The predicted octanol–water partition coefficient (Wildman–Crippen LogP) is 1.45. The summed E-state index contributed by atoms with van der Waals surface area (Å²) >= 11 is 1.29. The van der Waals surface area contributed by atoms with Crippen LogP contribution in [0, 0.1) is 0 Å². The number of H-pyrrole nitrogens is 1. The third-order valence-corrected chi connectivity index (χ3v) is 5.63. The number of aromatic amines is 1. The Morgan fingerprint density at radius 3 is 2.90 bits per heavy atom. The molecule has 0 saturated carbocycles. The monoisotopic (exact) mass is 314 g/mol. The fraction of sp³-hybridized carbons (Fsp3) is 0.417. The van der Waals surface area contributed by atoms with Crippen molar-refractivity contribution in [2.45, 2.75) is 30.6 Å². The Morgan fingerprint density at radius 2 is 2.20 bits per heavy atom. The molecule has 3 N–H and O–H groups in total. The molecule has 0 radical (unpaired) electrons. The van der Waals surface area contributed by atoms with Gasteiger partial charge in [-0.2, -0.15) is 5.10 Å². The summed E-state index contributed by atoms with van der Waals surface area (Å²) in [6.07, 6.45) is 4.32.